The van der Waals surface area contributed by atoms with Gasteiger partial charge in [0.05, 0.1) is 6.10 Å². The Hall–Kier alpha value is -1.68. The van der Waals surface area contributed by atoms with E-state index in [2.05, 4.69) is 63.8 Å². The predicted octanol–water partition coefficient (Wildman–Crippen LogP) is 2.96. The molecule has 154 valence electrons. The highest BCUT2D eigenvalue weighted by molar-refractivity contribution is 14.0. The summed E-state index contributed by atoms with van der Waals surface area (Å²) in [5, 5.41) is 10.9. The molecule has 2 heterocycles. The molecular formula is C20H31IN6O. The van der Waals surface area contributed by atoms with Gasteiger partial charge in [-0.15, -0.1) is 24.0 Å². The van der Waals surface area contributed by atoms with Gasteiger partial charge in [0, 0.05) is 32.7 Å². The lowest BCUT2D eigenvalue weighted by molar-refractivity contribution is -0.0265. The first-order valence-electron chi connectivity index (χ1n) is 9.70. The van der Waals surface area contributed by atoms with Crippen molar-refractivity contribution < 1.29 is 4.74 Å². The van der Waals surface area contributed by atoms with Crippen molar-refractivity contribution in [2.45, 2.75) is 39.3 Å². The normalized spacial score (nSPS) is 19.8. The average Bonchev–Trinajstić information content (AvgIpc) is 3.10. The maximum atomic E-state index is 6.12. The van der Waals surface area contributed by atoms with E-state index in [1.807, 2.05) is 7.05 Å². The highest BCUT2D eigenvalue weighted by Gasteiger charge is 2.27. The molecule has 8 heteroatoms. The lowest BCUT2D eigenvalue weighted by atomic mass is 9.89. The van der Waals surface area contributed by atoms with Crippen molar-refractivity contribution in [2.24, 2.45) is 18.0 Å². The fourth-order valence-electron chi connectivity index (χ4n) is 3.36. The smallest absolute Gasteiger partial charge is 0.191 e. The van der Waals surface area contributed by atoms with Crippen molar-refractivity contribution in [1.29, 1.82) is 0 Å². The van der Waals surface area contributed by atoms with Crippen molar-refractivity contribution in [1.82, 2.24) is 25.4 Å². The van der Waals surface area contributed by atoms with Crippen LogP contribution >= 0.6 is 24.0 Å². The third kappa shape index (κ3) is 6.16. The fraction of sp³-hybridized carbons (Fsp3) is 0.550. The molecule has 2 aromatic rings. The topological polar surface area (TPSA) is 76.4 Å². The summed E-state index contributed by atoms with van der Waals surface area (Å²) in [7, 11) is 1.88. The first-order chi connectivity index (χ1) is 13.2. The molecule has 2 atom stereocenters. The Balaban J connectivity index is 0.00000280. The number of rotatable bonds is 6. The van der Waals surface area contributed by atoms with E-state index in [0.29, 0.717) is 12.5 Å². The number of halogens is 1. The molecule has 0 saturated carbocycles. The first-order valence-corrected chi connectivity index (χ1v) is 9.70. The molecule has 0 bridgehead atoms. The molecule has 7 nitrogen and oxygen atoms in total. The Morgan fingerprint density at radius 3 is 2.75 bits per heavy atom. The molecule has 3 rings (SSSR count). The number of ether oxygens (including phenoxy) is 1. The Morgan fingerprint density at radius 2 is 2.07 bits per heavy atom. The van der Waals surface area contributed by atoms with Crippen molar-refractivity contribution in [3.05, 3.63) is 47.5 Å². The summed E-state index contributed by atoms with van der Waals surface area (Å²) in [4.78, 5) is 8.87. The number of hydrogen-bond acceptors (Lipinski definition) is 4. The summed E-state index contributed by atoms with van der Waals surface area (Å²) in [6.07, 6.45) is 3.93. The second-order valence-corrected chi connectivity index (χ2v) is 6.98. The molecule has 0 radical (unpaired) electrons. The lowest BCUT2D eigenvalue weighted by Crippen LogP contribution is -2.42. The van der Waals surface area contributed by atoms with Crippen molar-refractivity contribution in [2.75, 3.05) is 19.7 Å². The summed E-state index contributed by atoms with van der Waals surface area (Å²) in [5.74, 6) is 2.06. The average molecular weight is 498 g/mol. The Kier molecular flexibility index (Phi) is 9.17. The zero-order chi connectivity index (χ0) is 19.1. The van der Waals surface area contributed by atoms with Gasteiger partial charge in [-0.2, -0.15) is 5.10 Å². The maximum Gasteiger partial charge on any atom is 0.191 e. The van der Waals surface area contributed by atoms with Crippen molar-refractivity contribution in [3.8, 4) is 0 Å². The van der Waals surface area contributed by atoms with E-state index < -0.39 is 0 Å². The Bertz CT molecular complexity index is 745. The van der Waals surface area contributed by atoms with Gasteiger partial charge >= 0.3 is 0 Å². The second kappa shape index (κ2) is 11.4. The van der Waals surface area contributed by atoms with Crippen molar-refractivity contribution >= 4 is 29.9 Å². The number of aromatic nitrogens is 3. The number of benzene rings is 1. The molecule has 2 N–H and O–H groups in total. The third-order valence-corrected chi connectivity index (χ3v) is 4.91. The zero-order valence-corrected chi connectivity index (χ0v) is 19.2. The van der Waals surface area contributed by atoms with Crippen LogP contribution in [0.1, 0.15) is 42.8 Å². The van der Waals surface area contributed by atoms with Crippen LogP contribution < -0.4 is 10.6 Å². The van der Waals surface area contributed by atoms with Crippen LogP contribution in [-0.4, -0.2) is 40.4 Å². The minimum atomic E-state index is 0. The SMILES string of the molecule is CCNC(=NCc1ncnn1C)NCC1CCCOC1c1ccc(C)cc1.I. The van der Waals surface area contributed by atoms with Gasteiger partial charge in [-0.05, 0) is 32.3 Å². The largest absolute Gasteiger partial charge is 0.373 e. The first kappa shape index (κ1) is 22.6. The van der Waals surface area contributed by atoms with Gasteiger partial charge in [-0.3, -0.25) is 4.68 Å². The van der Waals surface area contributed by atoms with E-state index in [-0.39, 0.29) is 30.1 Å². The molecule has 1 aromatic carbocycles. The third-order valence-electron chi connectivity index (χ3n) is 4.91. The Labute approximate surface area is 184 Å². The number of aryl methyl sites for hydroxylation is 2. The second-order valence-electron chi connectivity index (χ2n) is 6.98. The molecule has 1 fully saturated rings. The molecule has 1 saturated heterocycles. The minimum absolute atomic E-state index is 0. The van der Waals surface area contributed by atoms with E-state index >= 15 is 0 Å². The van der Waals surface area contributed by atoms with Crippen LogP contribution in [0.15, 0.2) is 35.6 Å². The summed E-state index contributed by atoms with van der Waals surface area (Å²) in [6.45, 7) is 7.14. The zero-order valence-electron chi connectivity index (χ0n) is 16.9. The number of nitrogens with one attached hydrogen (secondary N) is 2. The number of aliphatic imine (C=N–C) groups is 1. The van der Waals surface area contributed by atoms with E-state index in [1.165, 1.54) is 11.1 Å². The van der Waals surface area contributed by atoms with Gasteiger partial charge in [-0.1, -0.05) is 29.8 Å². The molecule has 2 unspecified atom stereocenters. The molecule has 28 heavy (non-hydrogen) atoms. The summed E-state index contributed by atoms with van der Waals surface area (Å²) < 4.78 is 7.87. The van der Waals surface area contributed by atoms with Crippen LogP contribution in [0.2, 0.25) is 0 Å². The van der Waals surface area contributed by atoms with Crippen LogP contribution in [0.5, 0.6) is 0 Å². The summed E-state index contributed by atoms with van der Waals surface area (Å²) in [5.41, 5.74) is 2.53. The standard InChI is InChI=1S/C20H30N6O.HI/c1-4-21-20(23-13-18-24-14-25-26(18)3)22-12-17-6-5-11-27-19(17)16-9-7-15(2)8-10-16;/h7-10,14,17,19H,4-6,11-13H2,1-3H3,(H2,21,22,23);1H. The molecule has 1 aliphatic rings. The van der Waals surface area contributed by atoms with Crippen LogP contribution in [0.3, 0.4) is 0 Å². The van der Waals surface area contributed by atoms with Gasteiger partial charge in [-0.25, -0.2) is 9.98 Å². The van der Waals surface area contributed by atoms with Gasteiger partial charge in [0.15, 0.2) is 5.96 Å². The number of nitrogens with zero attached hydrogens (tertiary/aromatic N) is 4. The number of hydrogen-bond donors (Lipinski definition) is 2. The molecule has 0 spiro atoms. The molecule has 1 aliphatic heterocycles. The van der Waals surface area contributed by atoms with E-state index in [9.17, 15) is 0 Å². The molecular weight excluding hydrogens is 467 g/mol. The van der Waals surface area contributed by atoms with Crippen LogP contribution in [0.25, 0.3) is 0 Å². The van der Waals surface area contributed by atoms with Crippen molar-refractivity contribution in [3.63, 3.8) is 0 Å². The highest BCUT2D eigenvalue weighted by Crippen LogP contribution is 2.33. The van der Waals surface area contributed by atoms with Crippen LogP contribution in [0.4, 0.5) is 0 Å². The van der Waals surface area contributed by atoms with Gasteiger partial charge < -0.3 is 15.4 Å². The van der Waals surface area contributed by atoms with E-state index in [4.69, 9.17) is 4.74 Å². The Morgan fingerprint density at radius 1 is 1.29 bits per heavy atom. The van der Waals surface area contributed by atoms with Crippen LogP contribution in [0, 0.1) is 12.8 Å². The molecule has 0 amide bonds. The molecule has 1 aromatic heterocycles. The lowest BCUT2D eigenvalue weighted by Gasteiger charge is -2.32. The predicted molar refractivity (Wildman–Crippen MR) is 122 cm³/mol. The van der Waals surface area contributed by atoms with E-state index in [1.54, 1.807) is 11.0 Å². The summed E-state index contributed by atoms with van der Waals surface area (Å²) in [6, 6.07) is 8.69. The molecule has 0 aliphatic carbocycles. The summed E-state index contributed by atoms with van der Waals surface area (Å²) >= 11 is 0. The highest BCUT2D eigenvalue weighted by atomic mass is 127. The van der Waals surface area contributed by atoms with Gasteiger partial charge in [0.1, 0.15) is 18.7 Å². The maximum absolute atomic E-state index is 6.12. The fourth-order valence-corrected chi connectivity index (χ4v) is 3.36. The van der Waals surface area contributed by atoms with Gasteiger partial charge in [0.25, 0.3) is 0 Å². The minimum Gasteiger partial charge on any atom is -0.373 e. The van der Waals surface area contributed by atoms with E-state index in [0.717, 1.165) is 44.3 Å². The monoisotopic (exact) mass is 498 g/mol. The van der Waals surface area contributed by atoms with Gasteiger partial charge in [0.2, 0.25) is 0 Å². The number of guanidine groups is 1. The quantitative estimate of drug-likeness (QED) is 0.364. The van der Waals surface area contributed by atoms with Crippen LogP contribution in [-0.2, 0) is 18.3 Å².